The van der Waals surface area contributed by atoms with Gasteiger partial charge in [0.05, 0.1) is 7.39 Å². The van der Waals surface area contributed by atoms with E-state index in [1.54, 1.807) is 0 Å². The molecule has 0 aromatic heterocycles. The number of aryl methyl sites for hydroxylation is 1. The third-order valence-corrected chi connectivity index (χ3v) is 3.71. The van der Waals surface area contributed by atoms with E-state index in [1.807, 2.05) is 60.7 Å². The first kappa shape index (κ1) is 13.3. The Bertz CT molecular complexity index is 738. The van der Waals surface area contributed by atoms with Gasteiger partial charge in [-0.05, 0) is 23.6 Å². The lowest BCUT2D eigenvalue weighted by atomic mass is 9.97. The Morgan fingerprint density at radius 1 is 0.773 bits per heavy atom. The molecule has 0 aliphatic rings. The van der Waals surface area contributed by atoms with Gasteiger partial charge < -0.3 is 5.32 Å². The highest BCUT2D eigenvalue weighted by Crippen LogP contribution is 2.22. The topological polar surface area (TPSA) is 12.0 Å². The van der Waals surface area contributed by atoms with E-state index in [9.17, 15) is 0 Å². The number of hydrogen-bond donors (Lipinski definition) is 1. The minimum Gasteiger partial charge on any atom is -0.302 e. The third kappa shape index (κ3) is 3.63. The standard InChI is InChI=1S/C21H21N/c1-17-12-14-20(15-13-17)21(19-10-6-3-7-11-19)22-16-18-8-4-2-5-9-18/h2-15,21-22H,16H2,1H3/i21D. The highest BCUT2D eigenvalue weighted by atomic mass is 14.9. The second-order valence-corrected chi connectivity index (χ2v) is 5.45. The molecule has 22 heavy (non-hydrogen) atoms. The zero-order valence-corrected chi connectivity index (χ0v) is 12.8. The Morgan fingerprint density at radius 2 is 1.32 bits per heavy atom. The monoisotopic (exact) mass is 288 g/mol. The van der Waals surface area contributed by atoms with Gasteiger partial charge in [-0.1, -0.05) is 90.5 Å². The second-order valence-electron chi connectivity index (χ2n) is 5.45. The van der Waals surface area contributed by atoms with Gasteiger partial charge in [-0.2, -0.15) is 0 Å². The Balaban J connectivity index is 1.95. The van der Waals surface area contributed by atoms with Crippen molar-refractivity contribution < 1.29 is 1.37 Å². The maximum atomic E-state index is 9.11. The van der Waals surface area contributed by atoms with E-state index < -0.39 is 6.02 Å². The van der Waals surface area contributed by atoms with E-state index in [4.69, 9.17) is 1.37 Å². The summed E-state index contributed by atoms with van der Waals surface area (Å²) in [6, 6.07) is 27.4. The van der Waals surface area contributed by atoms with Crippen LogP contribution in [0.1, 0.15) is 29.6 Å². The molecule has 1 heteroatoms. The average Bonchev–Trinajstić information content (AvgIpc) is 2.62. The molecule has 1 N–H and O–H groups in total. The first-order valence-corrected chi connectivity index (χ1v) is 7.60. The second kappa shape index (κ2) is 7.06. The fraction of sp³-hybridized carbons (Fsp3) is 0.143. The zero-order chi connectivity index (χ0) is 16.1. The lowest BCUT2D eigenvalue weighted by Gasteiger charge is -2.20. The Hall–Kier alpha value is -2.38. The van der Waals surface area contributed by atoms with E-state index in [0.717, 1.165) is 11.1 Å². The molecule has 3 aromatic rings. The lowest BCUT2D eigenvalue weighted by Crippen LogP contribution is -2.22. The van der Waals surface area contributed by atoms with E-state index in [1.165, 1.54) is 11.1 Å². The molecule has 3 rings (SSSR count). The van der Waals surface area contributed by atoms with Crippen molar-refractivity contribution in [2.45, 2.75) is 19.5 Å². The molecule has 0 heterocycles. The highest BCUT2D eigenvalue weighted by molar-refractivity contribution is 5.33. The smallest absolute Gasteiger partial charge is 0.0579 e. The van der Waals surface area contributed by atoms with Gasteiger partial charge in [0, 0.05) is 6.54 Å². The quantitative estimate of drug-likeness (QED) is 0.706. The molecular weight excluding hydrogens is 266 g/mol. The van der Waals surface area contributed by atoms with Crippen LogP contribution in [-0.2, 0) is 6.54 Å². The number of benzene rings is 3. The minimum absolute atomic E-state index is 0.646. The molecule has 0 fully saturated rings. The Labute approximate surface area is 134 Å². The van der Waals surface area contributed by atoms with E-state index in [-0.39, 0.29) is 0 Å². The highest BCUT2D eigenvalue weighted by Gasteiger charge is 2.13. The fourth-order valence-corrected chi connectivity index (χ4v) is 2.48. The number of hydrogen-bond acceptors (Lipinski definition) is 1. The largest absolute Gasteiger partial charge is 0.302 e. The maximum Gasteiger partial charge on any atom is 0.0579 e. The van der Waals surface area contributed by atoms with E-state index >= 15 is 0 Å². The van der Waals surface area contributed by atoms with Crippen molar-refractivity contribution in [1.29, 1.82) is 0 Å². The molecule has 3 aromatic carbocycles. The van der Waals surface area contributed by atoms with Gasteiger partial charge >= 0.3 is 0 Å². The average molecular weight is 288 g/mol. The molecular formula is C21H21N. The van der Waals surface area contributed by atoms with Crippen LogP contribution in [0.15, 0.2) is 84.9 Å². The van der Waals surface area contributed by atoms with Crippen molar-refractivity contribution >= 4 is 0 Å². The molecule has 0 aliphatic carbocycles. The molecule has 0 amide bonds. The third-order valence-electron chi connectivity index (χ3n) is 3.71. The van der Waals surface area contributed by atoms with Gasteiger partial charge in [0.2, 0.25) is 0 Å². The summed E-state index contributed by atoms with van der Waals surface area (Å²) in [6.07, 6.45) is 0. The first-order valence-electron chi connectivity index (χ1n) is 8.10. The molecule has 1 unspecified atom stereocenters. The summed E-state index contributed by atoms with van der Waals surface area (Å²) in [4.78, 5) is 0. The molecule has 0 spiro atoms. The molecule has 0 radical (unpaired) electrons. The van der Waals surface area contributed by atoms with Crippen molar-refractivity contribution in [3.63, 3.8) is 0 Å². The molecule has 0 aliphatic heterocycles. The van der Waals surface area contributed by atoms with Gasteiger partial charge in [-0.25, -0.2) is 0 Å². The molecule has 0 bridgehead atoms. The molecule has 110 valence electrons. The summed E-state index contributed by atoms with van der Waals surface area (Å²) in [6.45, 7) is 2.71. The summed E-state index contributed by atoms with van der Waals surface area (Å²) in [5.74, 6) is 0. The Morgan fingerprint density at radius 3 is 1.95 bits per heavy atom. The number of rotatable bonds is 5. The van der Waals surface area contributed by atoms with Crippen LogP contribution in [0.4, 0.5) is 0 Å². The van der Waals surface area contributed by atoms with Crippen LogP contribution in [0.25, 0.3) is 0 Å². The van der Waals surface area contributed by atoms with Gasteiger partial charge in [0.15, 0.2) is 0 Å². The molecule has 0 saturated carbocycles. The normalized spacial score (nSPS) is 14.1. The van der Waals surface area contributed by atoms with Crippen molar-refractivity contribution in [1.82, 2.24) is 5.32 Å². The van der Waals surface area contributed by atoms with Gasteiger partial charge in [0.1, 0.15) is 0 Å². The van der Waals surface area contributed by atoms with Crippen molar-refractivity contribution in [3.05, 3.63) is 107 Å². The van der Waals surface area contributed by atoms with Crippen LogP contribution in [0, 0.1) is 6.92 Å². The fourth-order valence-electron chi connectivity index (χ4n) is 2.48. The predicted molar refractivity (Wildman–Crippen MR) is 92.7 cm³/mol. The van der Waals surface area contributed by atoms with Crippen LogP contribution in [-0.4, -0.2) is 0 Å². The van der Waals surface area contributed by atoms with Crippen molar-refractivity contribution in [2.24, 2.45) is 0 Å². The number of nitrogens with one attached hydrogen (secondary N) is 1. The SMILES string of the molecule is [2H]C(NCc1ccccc1)(c1ccccc1)c1ccc(C)cc1. The van der Waals surface area contributed by atoms with Crippen LogP contribution >= 0.6 is 0 Å². The van der Waals surface area contributed by atoms with Crippen LogP contribution < -0.4 is 5.32 Å². The summed E-state index contributed by atoms with van der Waals surface area (Å²) in [5, 5.41) is 3.43. The van der Waals surface area contributed by atoms with Crippen molar-refractivity contribution in [3.8, 4) is 0 Å². The summed E-state index contributed by atoms with van der Waals surface area (Å²) in [7, 11) is 0. The Kier molecular flexibility index (Phi) is 4.26. The van der Waals surface area contributed by atoms with Crippen molar-refractivity contribution in [2.75, 3.05) is 0 Å². The zero-order valence-electron chi connectivity index (χ0n) is 13.8. The molecule has 0 saturated heterocycles. The summed E-state index contributed by atoms with van der Waals surface area (Å²) < 4.78 is 9.11. The van der Waals surface area contributed by atoms with Crippen LogP contribution in [0.3, 0.4) is 0 Å². The predicted octanol–water partition coefficient (Wildman–Crippen LogP) is 4.87. The van der Waals surface area contributed by atoms with Crippen LogP contribution in [0.2, 0.25) is 0 Å². The van der Waals surface area contributed by atoms with E-state index in [2.05, 4.69) is 36.5 Å². The van der Waals surface area contributed by atoms with Crippen LogP contribution in [0.5, 0.6) is 0 Å². The van der Waals surface area contributed by atoms with Gasteiger partial charge in [-0.3, -0.25) is 0 Å². The lowest BCUT2D eigenvalue weighted by molar-refractivity contribution is 0.605. The van der Waals surface area contributed by atoms with Gasteiger partial charge in [-0.15, -0.1) is 0 Å². The maximum absolute atomic E-state index is 9.11. The minimum atomic E-state index is -0.967. The summed E-state index contributed by atoms with van der Waals surface area (Å²) in [5.41, 5.74) is 4.27. The molecule has 1 nitrogen and oxygen atoms in total. The summed E-state index contributed by atoms with van der Waals surface area (Å²) >= 11 is 0. The van der Waals surface area contributed by atoms with Gasteiger partial charge in [0.25, 0.3) is 0 Å². The van der Waals surface area contributed by atoms with E-state index in [0.29, 0.717) is 6.54 Å². The molecule has 1 atom stereocenters. The first-order chi connectivity index (χ1) is 11.2.